The molecule has 5 rings (SSSR count). The van der Waals surface area contributed by atoms with Gasteiger partial charge in [-0.3, -0.25) is 4.98 Å². The molecule has 0 amide bonds. The van der Waals surface area contributed by atoms with Crippen LogP contribution in [0.3, 0.4) is 0 Å². The number of aliphatic imine (C=N–C) groups is 1. The Morgan fingerprint density at radius 3 is 2.72 bits per heavy atom. The van der Waals surface area contributed by atoms with Crippen LogP contribution in [0, 0.1) is 11.8 Å². The number of amidine groups is 1. The lowest BCUT2D eigenvalue weighted by molar-refractivity contribution is 0.0742. The maximum absolute atomic E-state index is 6.15. The number of nitrogens with zero attached hydrogens (tertiary/aromatic N) is 3. The largest absolute Gasteiger partial charge is 0.462 e. The molecule has 1 aromatic carbocycles. The molecule has 1 atom stereocenters. The quantitative estimate of drug-likeness (QED) is 0.630. The topological polar surface area (TPSA) is 91.9 Å². The number of pyridine rings is 2. The van der Waals surface area contributed by atoms with E-state index in [-0.39, 0.29) is 12.6 Å². The van der Waals surface area contributed by atoms with Crippen LogP contribution in [0.15, 0.2) is 60.0 Å². The zero-order valence-electron chi connectivity index (χ0n) is 18.0. The molecule has 2 aliphatic rings. The highest BCUT2D eigenvalue weighted by Crippen LogP contribution is 2.50. The van der Waals surface area contributed by atoms with Gasteiger partial charge < -0.3 is 19.9 Å². The summed E-state index contributed by atoms with van der Waals surface area (Å²) in [6.45, 7) is 4.09. The van der Waals surface area contributed by atoms with E-state index in [1.807, 2.05) is 50.2 Å². The van der Waals surface area contributed by atoms with Crippen LogP contribution < -0.4 is 10.5 Å². The third-order valence-corrected chi connectivity index (χ3v) is 5.67. The number of hydrogen-bond acceptors (Lipinski definition) is 7. The first-order chi connectivity index (χ1) is 15.4. The Bertz CT molecular complexity index is 1290. The summed E-state index contributed by atoms with van der Waals surface area (Å²) in [6.07, 6.45) is 5.30. The smallest absolute Gasteiger partial charge is 0.283 e. The van der Waals surface area contributed by atoms with Gasteiger partial charge in [0.2, 0.25) is 5.88 Å². The molecule has 7 nitrogen and oxygen atoms in total. The second-order valence-corrected chi connectivity index (χ2v) is 8.19. The lowest BCUT2D eigenvalue weighted by atomic mass is 9.81. The normalized spacial score (nSPS) is 18.5. The minimum atomic E-state index is -0.868. The Hall–Kier alpha value is -3.89. The van der Waals surface area contributed by atoms with Crippen molar-refractivity contribution in [2.75, 3.05) is 13.7 Å². The van der Waals surface area contributed by atoms with E-state index in [4.69, 9.17) is 24.9 Å². The lowest BCUT2D eigenvalue weighted by Crippen LogP contribution is -2.31. The Morgan fingerprint density at radius 2 is 2.00 bits per heavy atom. The summed E-state index contributed by atoms with van der Waals surface area (Å²) >= 11 is 0. The fraction of sp³-hybridized carbons (Fsp3) is 0.240. The monoisotopic (exact) mass is 426 g/mol. The number of rotatable bonds is 2. The van der Waals surface area contributed by atoms with Gasteiger partial charge in [0.25, 0.3) is 6.02 Å². The zero-order chi connectivity index (χ0) is 22.3. The summed E-state index contributed by atoms with van der Waals surface area (Å²) in [5, 5.41) is 0. The van der Waals surface area contributed by atoms with Gasteiger partial charge in [0, 0.05) is 48.0 Å². The van der Waals surface area contributed by atoms with Gasteiger partial charge in [-0.2, -0.15) is 0 Å². The fourth-order valence-corrected chi connectivity index (χ4v) is 3.77. The van der Waals surface area contributed by atoms with Crippen LogP contribution >= 0.6 is 0 Å². The number of methoxy groups -OCH3 is 1. The van der Waals surface area contributed by atoms with Crippen molar-refractivity contribution in [2.45, 2.75) is 25.0 Å². The summed E-state index contributed by atoms with van der Waals surface area (Å²) in [5.41, 5.74) is 8.85. The van der Waals surface area contributed by atoms with Gasteiger partial charge in [-0.05, 0) is 44.2 Å². The molecule has 0 saturated carbocycles. The standard InChI is InChI=1S/C25H22N4O3/c1-24(2,30-3)9-8-16-6-7-21-19(11-16)25(15-31-23(26)29-25)20-12-18(14-28-22(20)32-21)17-5-4-10-27-13-17/h4-7,10-14H,15H2,1-3H3,(H2,26,29)/t25-/m0/s1. The maximum Gasteiger partial charge on any atom is 0.283 e. The van der Waals surface area contributed by atoms with Gasteiger partial charge in [-0.25, -0.2) is 9.98 Å². The second-order valence-electron chi connectivity index (χ2n) is 8.19. The van der Waals surface area contributed by atoms with Crippen molar-refractivity contribution in [1.29, 1.82) is 0 Å². The molecule has 1 spiro atoms. The molecule has 0 saturated heterocycles. The number of benzene rings is 1. The molecular formula is C25H22N4O3. The summed E-state index contributed by atoms with van der Waals surface area (Å²) in [7, 11) is 1.64. The number of aromatic nitrogens is 2. The van der Waals surface area contributed by atoms with Crippen molar-refractivity contribution in [3.8, 4) is 34.6 Å². The van der Waals surface area contributed by atoms with Crippen molar-refractivity contribution >= 4 is 6.02 Å². The average Bonchev–Trinajstić information content (AvgIpc) is 3.21. The Labute approximate surface area is 186 Å². The Morgan fingerprint density at radius 1 is 1.12 bits per heavy atom. The number of hydrogen-bond donors (Lipinski definition) is 1. The van der Waals surface area contributed by atoms with Gasteiger partial charge >= 0.3 is 0 Å². The van der Waals surface area contributed by atoms with E-state index in [2.05, 4.69) is 21.8 Å². The predicted molar refractivity (Wildman–Crippen MR) is 120 cm³/mol. The highest BCUT2D eigenvalue weighted by Gasteiger charge is 2.47. The van der Waals surface area contributed by atoms with E-state index in [9.17, 15) is 0 Å². The number of nitrogens with two attached hydrogens (primary N) is 1. The van der Waals surface area contributed by atoms with Gasteiger partial charge in [-0.1, -0.05) is 17.9 Å². The van der Waals surface area contributed by atoms with Crippen LogP contribution in [0.5, 0.6) is 11.6 Å². The van der Waals surface area contributed by atoms with Crippen LogP contribution in [0.2, 0.25) is 0 Å². The van der Waals surface area contributed by atoms with E-state index in [0.717, 1.165) is 27.8 Å². The number of ether oxygens (including phenoxy) is 3. The Balaban J connectivity index is 1.66. The molecule has 160 valence electrons. The molecule has 2 N–H and O–H groups in total. The highest BCUT2D eigenvalue weighted by atomic mass is 16.5. The molecule has 0 unspecified atom stereocenters. The molecule has 0 radical (unpaired) electrons. The van der Waals surface area contributed by atoms with E-state index >= 15 is 0 Å². The highest BCUT2D eigenvalue weighted by molar-refractivity contribution is 5.77. The predicted octanol–water partition coefficient (Wildman–Crippen LogP) is 3.61. The second kappa shape index (κ2) is 7.36. The summed E-state index contributed by atoms with van der Waals surface area (Å²) < 4.78 is 17.2. The van der Waals surface area contributed by atoms with Crippen molar-refractivity contribution in [2.24, 2.45) is 10.7 Å². The van der Waals surface area contributed by atoms with E-state index in [1.165, 1.54) is 0 Å². The molecule has 0 aliphatic carbocycles. The van der Waals surface area contributed by atoms with Crippen molar-refractivity contribution in [3.63, 3.8) is 0 Å². The third-order valence-electron chi connectivity index (χ3n) is 5.67. The average molecular weight is 426 g/mol. The van der Waals surface area contributed by atoms with Gasteiger partial charge in [0.15, 0.2) is 5.54 Å². The molecular weight excluding hydrogens is 404 g/mol. The summed E-state index contributed by atoms with van der Waals surface area (Å²) in [6, 6.07) is 11.8. The van der Waals surface area contributed by atoms with Gasteiger partial charge in [0.05, 0.1) is 5.56 Å². The maximum atomic E-state index is 6.15. The minimum absolute atomic E-state index is 0.132. The van der Waals surface area contributed by atoms with Crippen LogP contribution in [0.4, 0.5) is 0 Å². The molecule has 0 bridgehead atoms. The Kier molecular flexibility index (Phi) is 4.61. The first-order valence-corrected chi connectivity index (χ1v) is 10.2. The number of fused-ring (bicyclic) bond motifs is 4. The molecule has 2 aliphatic heterocycles. The SMILES string of the molecule is COC(C)(C)C#Cc1ccc2c(c1)[C@@]1(COC(N)=N1)c1cc(-c3cccnc3)cnc1O2. The molecule has 7 heteroatoms. The van der Waals surface area contributed by atoms with Crippen LogP contribution in [-0.4, -0.2) is 35.3 Å². The van der Waals surface area contributed by atoms with Crippen LogP contribution in [-0.2, 0) is 15.0 Å². The molecule has 3 aromatic rings. The van der Waals surface area contributed by atoms with Crippen molar-refractivity contribution < 1.29 is 14.2 Å². The molecule has 0 fully saturated rings. The van der Waals surface area contributed by atoms with Gasteiger partial charge in [-0.15, -0.1) is 0 Å². The zero-order valence-corrected chi connectivity index (χ0v) is 18.0. The van der Waals surface area contributed by atoms with Crippen LogP contribution in [0.25, 0.3) is 11.1 Å². The van der Waals surface area contributed by atoms with Gasteiger partial charge in [0.1, 0.15) is 18.0 Å². The first-order valence-electron chi connectivity index (χ1n) is 10.2. The van der Waals surface area contributed by atoms with E-state index in [1.54, 1.807) is 25.7 Å². The van der Waals surface area contributed by atoms with E-state index < -0.39 is 11.1 Å². The van der Waals surface area contributed by atoms with E-state index in [0.29, 0.717) is 11.6 Å². The first kappa shape index (κ1) is 20.0. The summed E-state index contributed by atoms with van der Waals surface area (Å²) in [4.78, 5) is 13.5. The fourth-order valence-electron chi connectivity index (χ4n) is 3.77. The van der Waals surface area contributed by atoms with Crippen molar-refractivity contribution in [3.05, 3.63) is 71.7 Å². The summed E-state index contributed by atoms with van der Waals surface area (Å²) in [5.74, 6) is 7.46. The molecule has 4 heterocycles. The minimum Gasteiger partial charge on any atom is -0.462 e. The van der Waals surface area contributed by atoms with Crippen molar-refractivity contribution in [1.82, 2.24) is 9.97 Å². The lowest BCUT2D eigenvalue weighted by Gasteiger charge is -2.33. The van der Waals surface area contributed by atoms with Crippen LogP contribution in [0.1, 0.15) is 30.5 Å². The molecule has 2 aromatic heterocycles. The third kappa shape index (κ3) is 3.35. The molecule has 32 heavy (non-hydrogen) atoms.